The molecule has 1 atom stereocenters. The Morgan fingerprint density at radius 3 is 1.86 bits per heavy atom. The average Bonchev–Trinajstić information content (AvgIpc) is 1.36. The van der Waals surface area contributed by atoms with Crippen molar-refractivity contribution >= 4 is 16.1 Å². The molecule has 0 radical (unpaired) electrons. The van der Waals surface area contributed by atoms with Gasteiger partial charge in [0.15, 0.2) is 0 Å². The van der Waals surface area contributed by atoms with E-state index in [1.807, 2.05) is 0 Å². The normalized spacial score (nSPS) is 11.7. The molecule has 0 aliphatic carbocycles. The fraction of sp³-hybridized carbons (Fsp3) is 0.667. The fourth-order valence-corrected chi connectivity index (χ4v) is 0. The summed E-state index contributed by atoms with van der Waals surface area (Å²) in [6.07, 6.45) is -1.23. The van der Waals surface area contributed by atoms with Crippen molar-refractivity contribution in [2.45, 2.75) is 13.0 Å². The Bertz CT molecular complexity index is 61.2. The number of aliphatic hydroxyl groups is 1. The molecule has 0 amide bonds. The molecule has 4 heteroatoms. The molecule has 7 heavy (non-hydrogen) atoms. The molecule has 0 spiro atoms. The van der Waals surface area contributed by atoms with E-state index in [0.29, 0.717) is 0 Å². The van der Waals surface area contributed by atoms with Gasteiger partial charge in [0.25, 0.3) is 0 Å². The molecule has 1 unspecified atom stereocenters. The van der Waals surface area contributed by atoms with Crippen LogP contribution >= 0.6 is 0 Å². The van der Waals surface area contributed by atoms with E-state index in [1.54, 1.807) is 0 Å². The maximum absolute atomic E-state index is 9.45. The summed E-state index contributed by atoms with van der Waals surface area (Å²) in [6.45, 7) is 1.20. The Kier molecular flexibility index (Phi) is 5.28. The van der Waals surface area contributed by atoms with Crippen LogP contribution in [0.5, 0.6) is 0 Å². The van der Waals surface area contributed by atoms with Crippen LogP contribution in [0.1, 0.15) is 6.92 Å². The molecule has 0 aromatic heterocycles. The van der Waals surface area contributed by atoms with E-state index in [1.165, 1.54) is 6.92 Å². The van der Waals surface area contributed by atoms with Gasteiger partial charge in [0.2, 0.25) is 0 Å². The Hall–Kier alpha value is -0.401. The molecular formula is C3H8BeO3. The van der Waals surface area contributed by atoms with Gasteiger partial charge >= 0.3 is 16.1 Å². The molecular weight excluding hydrogens is 93.0 g/mol. The van der Waals surface area contributed by atoms with Crippen molar-refractivity contribution in [2.24, 2.45) is 0 Å². The number of rotatable bonds is 1. The Morgan fingerprint density at radius 1 is 1.71 bits per heavy atom. The number of carboxylic acids is 1. The molecule has 0 aromatic carbocycles. The summed E-state index contributed by atoms with van der Waals surface area (Å²) in [5.74, 6) is -1.19. The first-order valence-electron chi connectivity index (χ1n) is 1.55. The van der Waals surface area contributed by atoms with Gasteiger partial charge in [-0.05, 0) is 6.92 Å². The molecule has 0 aliphatic heterocycles. The molecule has 0 fully saturated rings. The second-order valence-electron chi connectivity index (χ2n) is 1.01. The van der Waals surface area contributed by atoms with Gasteiger partial charge in [-0.2, -0.15) is 0 Å². The van der Waals surface area contributed by atoms with Gasteiger partial charge in [-0.25, -0.2) is 4.79 Å². The predicted molar refractivity (Wildman–Crippen MR) is 27.9 cm³/mol. The first kappa shape index (κ1) is 9.78. The van der Waals surface area contributed by atoms with Crippen LogP contribution in [0.4, 0.5) is 0 Å². The molecule has 0 aliphatic rings. The van der Waals surface area contributed by atoms with Crippen LogP contribution in [0.3, 0.4) is 0 Å². The van der Waals surface area contributed by atoms with Crippen molar-refractivity contribution in [2.75, 3.05) is 0 Å². The van der Waals surface area contributed by atoms with E-state index >= 15 is 0 Å². The number of carboxylic acid groups (broad SMARTS) is 1. The second kappa shape index (κ2) is 3.78. The van der Waals surface area contributed by atoms with Crippen molar-refractivity contribution in [1.82, 2.24) is 0 Å². The van der Waals surface area contributed by atoms with Crippen molar-refractivity contribution < 1.29 is 15.0 Å². The van der Waals surface area contributed by atoms with Crippen molar-refractivity contribution in [1.29, 1.82) is 0 Å². The van der Waals surface area contributed by atoms with E-state index in [4.69, 9.17) is 10.2 Å². The van der Waals surface area contributed by atoms with Crippen LogP contribution in [0.25, 0.3) is 0 Å². The summed E-state index contributed by atoms with van der Waals surface area (Å²) in [5.41, 5.74) is 0. The summed E-state index contributed by atoms with van der Waals surface area (Å²) < 4.78 is 0. The topological polar surface area (TPSA) is 57.5 Å². The molecule has 0 rings (SSSR count). The van der Waals surface area contributed by atoms with E-state index in [0.717, 1.165) is 0 Å². The zero-order chi connectivity index (χ0) is 5.15. The summed E-state index contributed by atoms with van der Waals surface area (Å²) in [5, 5.41) is 15.8. The van der Waals surface area contributed by atoms with Gasteiger partial charge in [-0.3, -0.25) is 0 Å². The minimum atomic E-state index is -1.23. The summed E-state index contributed by atoms with van der Waals surface area (Å²) in [6, 6.07) is 0. The molecule has 0 saturated heterocycles. The molecule has 2 N–H and O–H groups in total. The third-order valence-corrected chi connectivity index (χ3v) is 0.357. The Labute approximate surface area is 45.2 Å². The van der Waals surface area contributed by atoms with Crippen molar-refractivity contribution in [3.63, 3.8) is 0 Å². The van der Waals surface area contributed by atoms with Crippen LogP contribution in [0.15, 0.2) is 0 Å². The molecule has 0 saturated carbocycles. The number of aliphatic carboxylic acids is 1. The van der Waals surface area contributed by atoms with Crippen LogP contribution in [-0.4, -0.2) is 32.4 Å². The fourth-order valence-electron chi connectivity index (χ4n) is 0. The number of hydrogen-bond donors (Lipinski definition) is 2. The number of aliphatic hydroxyl groups excluding tert-OH is 1. The van der Waals surface area contributed by atoms with E-state index in [2.05, 4.69) is 0 Å². The minimum absolute atomic E-state index is 0. The second-order valence-corrected chi connectivity index (χ2v) is 1.01. The average molecular weight is 101 g/mol. The van der Waals surface area contributed by atoms with E-state index < -0.39 is 12.1 Å². The summed E-state index contributed by atoms with van der Waals surface area (Å²) in [7, 11) is 0. The SMILES string of the molecule is CC(O)C(=O)O.[BeH2]. The van der Waals surface area contributed by atoms with Gasteiger partial charge in [-0.15, -0.1) is 0 Å². The van der Waals surface area contributed by atoms with Gasteiger partial charge < -0.3 is 10.2 Å². The standard InChI is InChI=1S/C3H6O3.Be.2H/c1-2(4)3(5)6;;;/h2,4H,1H3,(H,5,6);;;. The van der Waals surface area contributed by atoms with Crippen LogP contribution < -0.4 is 0 Å². The zero-order valence-electron chi connectivity index (χ0n) is 3.38. The van der Waals surface area contributed by atoms with E-state index in [-0.39, 0.29) is 10.1 Å². The first-order chi connectivity index (χ1) is 2.64. The zero-order valence-corrected chi connectivity index (χ0v) is 3.38. The van der Waals surface area contributed by atoms with Crippen LogP contribution in [0, 0.1) is 0 Å². The van der Waals surface area contributed by atoms with Gasteiger partial charge in [0.05, 0.1) is 0 Å². The predicted octanol–water partition coefficient (Wildman–Crippen LogP) is -1.46. The third kappa shape index (κ3) is 5.60. The van der Waals surface area contributed by atoms with Gasteiger partial charge in [-0.1, -0.05) is 0 Å². The third-order valence-electron chi connectivity index (χ3n) is 0.357. The van der Waals surface area contributed by atoms with Gasteiger partial charge in [0, 0.05) is 0 Å². The van der Waals surface area contributed by atoms with Gasteiger partial charge in [0.1, 0.15) is 6.10 Å². The Morgan fingerprint density at radius 2 is 1.86 bits per heavy atom. The number of carbonyl (C=O) groups is 1. The molecule has 0 aromatic rings. The van der Waals surface area contributed by atoms with Crippen LogP contribution in [0.2, 0.25) is 0 Å². The molecule has 0 heterocycles. The summed E-state index contributed by atoms with van der Waals surface area (Å²) in [4.78, 5) is 9.45. The quantitative estimate of drug-likeness (QED) is 0.397. The molecule has 0 bridgehead atoms. The Balaban J connectivity index is 0. The van der Waals surface area contributed by atoms with E-state index in [9.17, 15) is 4.79 Å². The van der Waals surface area contributed by atoms with Crippen molar-refractivity contribution in [3.05, 3.63) is 0 Å². The monoisotopic (exact) mass is 101 g/mol. The first-order valence-corrected chi connectivity index (χ1v) is 1.55. The molecule has 40 valence electrons. The number of hydrogen-bond acceptors (Lipinski definition) is 2. The summed E-state index contributed by atoms with van der Waals surface area (Å²) >= 11 is 0. The van der Waals surface area contributed by atoms with Crippen molar-refractivity contribution in [3.8, 4) is 0 Å². The van der Waals surface area contributed by atoms with Crippen LogP contribution in [-0.2, 0) is 4.79 Å². The maximum atomic E-state index is 9.45. The molecule has 3 nitrogen and oxygen atoms in total.